The number of halogens is 1. The summed E-state index contributed by atoms with van der Waals surface area (Å²) >= 11 is 6.11. The van der Waals surface area contributed by atoms with E-state index < -0.39 is 0 Å². The van der Waals surface area contributed by atoms with Crippen molar-refractivity contribution in [2.75, 3.05) is 13.2 Å². The summed E-state index contributed by atoms with van der Waals surface area (Å²) < 4.78 is 5.83. The third-order valence-corrected chi connectivity index (χ3v) is 4.78. The van der Waals surface area contributed by atoms with Crippen molar-refractivity contribution in [1.82, 2.24) is 5.32 Å². The van der Waals surface area contributed by atoms with Gasteiger partial charge in [-0.2, -0.15) is 0 Å². The largest absolute Gasteiger partial charge is 0.492 e. The van der Waals surface area contributed by atoms with Crippen LogP contribution in [-0.2, 0) is 6.42 Å². The Morgan fingerprint density at radius 3 is 2.55 bits per heavy atom. The van der Waals surface area contributed by atoms with E-state index in [2.05, 4.69) is 18.3 Å². The highest BCUT2D eigenvalue weighted by Gasteiger charge is 2.40. The van der Waals surface area contributed by atoms with Crippen molar-refractivity contribution in [3.05, 3.63) is 28.8 Å². The van der Waals surface area contributed by atoms with Gasteiger partial charge in [-0.25, -0.2) is 0 Å². The average Bonchev–Trinajstić information content (AvgIpc) is 3.33. The van der Waals surface area contributed by atoms with Crippen LogP contribution >= 0.6 is 11.6 Å². The molecule has 0 saturated heterocycles. The predicted octanol–water partition coefficient (Wildman–Crippen LogP) is 4.06. The van der Waals surface area contributed by atoms with E-state index in [-0.39, 0.29) is 0 Å². The fourth-order valence-corrected chi connectivity index (χ4v) is 3.19. The molecule has 0 spiro atoms. The molecule has 0 bridgehead atoms. The van der Waals surface area contributed by atoms with Gasteiger partial charge in [-0.1, -0.05) is 18.5 Å². The number of hydrogen-bond donors (Lipinski definition) is 1. The van der Waals surface area contributed by atoms with Crippen molar-refractivity contribution in [3.8, 4) is 5.75 Å². The Morgan fingerprint density at radius 1 is 1.25 bits per heavy atom. The summed E-state index contributed by atoms with van der Waals surface area (Å²) in [6, 6.07) is 6.71. The van der Waals surface area contributed by atoms with Crippen molar-refractivity contribution >= 4 is 11.6 Å². The van der Waals surface area contributed by atoms with Crippen LogP contribution in [0.3, 0.4) is 0 Å². The lowest BCUT2D eigenvalue weighted by molar-refractivity contribution is 0.293. The Morgan fingerprint density at radius 2 is 1.95 bits per heavy atom. The molecule has 1 N–H and O–H groups in total. The van der Waals surface area contributed by atoms with Crippen molar-refractivity contribution in [2.45, 2.75) is 45.1 Å². The minimum atomic E-state index is 0.737. The first-order valence-corrected chi connectivity index (χ1v) is 8.30. The Bertz CT molecular complexity index is 442. The molecule has 2 nitrogen and oxygen atoms in total. The summed E-state index contributed by atoms with van der Waals surface area (Å²) in [6.07, 6.45) is 6.63. The fraction of sp³-hybridized carbons (Fsp3) is 0.647. The van der Waals surface area contributed by atoms with E-state index in [9.17, 15) is 0 Å². The molecular formula is C17H24ClNO. The zero-order chi connectivity index (χ0) is 13.9. The van der Waals surface area contributed by atoms with E-state index in [1.807, 2.05) is 12.1 Å². The third-order valence-electron chi connectivity index (χ3n) is 4.41. The Kier molecular flexibility index (Phi) is 4.52. The number of nitrogens with one attached hydrogen (secondary N) is 1. The first-order chi connectivity index (χ1) is 9.78. The van der Waals surface area contributed by atoms with Crippen molar-refractivity contribution in [3.63, 3.8) is 0 Å². The number of ether oxygens (including phenoxy) is 1. The molecule has 0 amide bonds. The highest BCUT2D eigenvalue weighted by Crippen LogP contribution is 2.44. The van der Waals surface area contributed by atoms with Crippen molar-refractivity contribution in [1.29, 1.82) is 0 Å². The zero-order valence-electron chi connectivity index (χ0n) is 12.2. The van der Waals surface area contributed by atoms with Gasteiger partial charge in [-0.05, 0) is 67.7 Å². The molecule has 3 rings (SSSR count). The predicted molar refractivity (Wildman–Crippen MR) is 83.6 cm³/mol. The molecule has 0 atom stereocenters. The molecule has 20 heavy (non-hydrogen) atoms. The summed E-state index contributed by atoms with van der Waals surface area (Å²) in [4.78, 5) is 0. The lowest BCUT2D eigenvalue weighted by atomic mass is 10.1. The third kappa shape index (κ3) is 3.67. The molecule has 0 aliphatic heterocycles. The average molecular weight is 294 g/mol. The smallest absolute Gasteiger partial charge is 0.119 e. The van der Waals surface area contributed by atoms with E-state index in [4.69, 9.17) is 16.3 Å². The molecule has 2 saturated carbocycles. The fourth-order valence-electron chi connectivity index (χ4n) is 2.94. The van der Waals surface area contributed by atoms with Gasteiger partial charge in [0.1, 0.15) is 12.4 Å². The Hall–Kier alpha value is -0.730. The van der Waals surface area contributed by atoms with Crippen LogP contribution in [0.2, 0.25) is 5.02 Å². The summed E-state index contributed by atoms with van der Waals surface area (Å²) in [6.45, 7) is 3.80. The summed E-state index contributed by atoms with van der Waals surface area (Å²) in [5.41, 5.74) is 1.16. The molecular weight excluding hydrogens is 270 g/mol. The second-order valence-corrected chi connectivity index (χ2v) is 6.52. The lowest BCUT2D eigenvalue weighted by Gasteiger charge is -2.18. The van der Waals surface area contributed by atoms with E-state index in [0.29, 0.717) is 0 Å². The van der Waals surface area contributed by atoms with E-state index in [1.165, 1.54) is 25.7 Å². The van der Waals surface area contributed by atoms with Crippen LogP contribution in [0.4, 0.5) is 0 Å². The molecule has 2 fully saturated rings. The summed E-state index contributed by atoms with van der Waals surface area (Å²) in [5, 5.41) is 4.54. The van der Waals surface area contributed by atoms with Crippen LogP contribution < -0.4 is 10.1 Å². The maximum atomic E-state index is 6.11. The van der Waals surface area contributed by atoms with Crippen molar-refractivity contribution < 1.29 is 4.74 Å². The molecule has 3 heteroatoms. The molecule has 2 aliphatic carbocycles. The van der Waals surface area contributed by atoms with Gasteiger partial charge in [0, 0.05) is 17.6 Å². The molecule has 110 valence electrons. The Labute approximate surface area is 126 Å². The normalized spacial score (nSPS) is 18.6. The maximum absolute atomic E-state index is 6.11. The zero-order valence-corrected chi connectivity index (χ0v) is 13.0. The van der Waals surface area contributed by atoms with Gasteiger partial charge >= 0.3 is 0 Å². The van der Waals surface area contributed by atoms with Crippen LogP contribution in [0.25, 0.3) is 0 Å². The second kappa shape index (κ2) is 6.36. The molecule has 2 aliphatic rings. The monoisotopic (exact) mass is 293 g/mol. The Balaban J connectivity index is 1.42. The van der Waals surface area contributed by atoms with Crippen LogP contribution in [-0.4, -0.2) is 19.2 Å². The van der Waals surface area contributed by atoms with Gasteiger partial charge in [0.25, 0.3) is 0 Å². The highest BCUT2D eigenvalue weighted by molar-refractivity contribution is 6.31. The van der Waals surface area contributed by atoms with E-state index >= 15 is 0 Å². The highest BCUT2D eigenvalue weighted by atomic mass is 35.5. The molecule has 1 aromatic carbocycles. The first-order valence-electron chi connectivity index (χ1n) is 7.92. The quantitative estimate of drug-likeness (QED) is 0.730. The van der Waals surface area contributed by atoms with Gasteiger partial charge < -0.3 is 10.1 Å². The number of rotatable bonds is 8. The SMILES string of the molecule is CCc1cc(OCCNC(C2CC2)C2CC2)ccc1Cl. The van der Waals surface area contributed by atoms with E-state index in [0.717, 1.165) is 53.8 Å². The van der Waals surface area contributed by atoms with Crippen LogP contribution in [0.1, 0.15) is 38.2 Å². The van der Waals surface area contributed by atoms with Crippen molar-refractivity contribution in [2.24, 2.45) is 11.8 Å². The lowest BCUT2D eigenvalue weighted by Crippen LogP contribution is -2.36. The van der Waals surface area contributed by atoms with E-state index in [1.54, 1.807) is 0 Å². The number of hydrogen-bond acceptors (Lipinski definition) is 2. The first kappa shape index (κ1) is 14.2. The summed E-state index contributed by atoms with van der Waals surface area (Å²) in [5.74, 6) is 2.83. The molecule has 0 unspecified atom stereocenters. The molecule has 0 radical (unpaired) electrons. The standard InChI is InChI=1S/C17H24ClNO/c1-2-12-11-15(7-8-16(12)18)20-10-9-19-17(13-3-4-13)14-5-6-14/h7-8,11,13-14,17,19H,2-6,9-10H2,1H3. The minimum Gasteiger partial charge on any atom is -0.492 e. The van der Waals surface area contributed by atoms with Gasteiger partial charge in [-0.3, -0.25) is 0 Å². The van der Waals surface area contributed by atoms with Crippen LogP contribution in [0.15, 0.2) is 18.2 Å². The summed E-state index contributed by atoms with van der Waals surface area (Å²) in [7, 11) is 0. The van der Waals surface area contributed by atoms with Gasteiger partial charge in [0.2, 0.25) is 0 Å². The van der Waals surface area contributed by atoms with Crippen LogP contribution in [0, 0.1) is 11.8 Å². The maximum Gasteiger partial charge on any atom is 0.119 e. The minimum absolute atomic E-state index is 0.737. The molecule has 0 aromatic heterocycles. The van der Waals surface area contributed by atoms with Crippen LogP contribution in [0.5, 0.6) is 5.75 Å². The topological polar surface area (TPSA) is 21.3 Å². The van der Waals surface area contributed by atoms with Gasteiger partial charge in [0.05, 0.1) is 0 Å². The number of benzene rings is 1. The second-order valence-electron chi connectivity index (χ2n) is 6.11. The van der Waals surface area contributed by atoms with Gasteiger partial charge in [0.15, 0.2) is 0 Å². The van der Waals surface area contributed by atoms with Gasteiger partial charge in [-0.15, -0.1) is 0 Å². The molecule has 1 aromatic rings. The molecule has 0 heterocycles. The number of aryl methyl sites for hydroxylation is 1.